The molecule has 1 aliphatic heterocycles. The van der Waals surface area contributed by atoms with Crippen molar-refractivity contribution in [1.29, 1.82) is 0 Å². The summed E-state index contributed by atoms with van der Waals surface area (Å²) in [5.74, 6) is -0.407. The Morgan fingerprint density at radius 3 is 2.50 bits per heavy atom. The number of carbonyl (C=O) groups is 2. The fourth-order valence-electron chi connectivity index (χ4n) is 2.02. The van der Waals surface area contributed by atoms with E-state index in [4.69, 9.17) is 10.5 Å². The molecular weight excluding hydrogens is 232 g/mol. The molecule has 0 spiro atoms. The second kappa shape index (κ2) is 5.64. The van der Waals surface area contributed by atoms with Crippen LogP contribution in [0.15, 0.2) is 30.3 Å². The van der Waals surface area contributed by atoms with Crippen LogP contribution in [0.5, 0.6) is 0 Å². The summed E-state index contributed by atoms with van der Waals surface area (Å²) in [5, 5.41) is 0. The third kappa shape index (κ3) is 2.68. The van der Waals surface area contributed by atoms with Crippen molar-refractivity contribution in [3.63, 3.8) is 0 Å². The zero-order valence-electron chi connectivity index (χ0n) is 10.0. The first kappa shape index (κ1) is 12.6. The van der Waals surface area contributed by atoms with Gasteiger partial charge in [0.1, 0.15) is 6.23 Å². The van der Waals surface area contributed by atoms with Crippen molar-refractivity contribution in [3.05, 3.63) is 35.9 Å². The lowest BCUT2D eigenvalue weighted by Crippen LogP contribution is -2.49. The first-order valence-corrected chi connectivity index (χ1v) is 6.00. The Labute approximate surface area is 106 Å². The van der Waals surface area contributed by atoms with Gasteiger partial charge in [-0.05, 0) is 31.4 Å². The van der Waals surface area contributed by atoms with Gasteiger partial charge in [0.2, 0.25) is 0 Å². The molecule has 96 valence electrons. The van der Waals surface area contributed by atoms with Gasteiger partial charge in [-0.1, -0.05) is 18.2 Å². The predicted octanol–water partition coefficient (Wildman–Crippen LogP) is 1.73. The van der Waals surface area contributed by atoms with Crippen LogP contribution >= 0.6 is 0 Å². The number of imide groups is 1. The molecule has 1 aromatic rings. The van der Waals surface area contributed by atoms with E-state index in [0.29, 0.717) is 18.6 Å². The Kier molecular flexibility index (Phi) is 3.94. The minimum absolute atomic E-state index is 0.407. The van der Waals surface area contributed by atoms with Crippen LogP contribution in [0.25, 0.3) is 0 Å². The van der Waals surface area contributed by atoms with Gasteiger partial charge in [0.25, 0.3) is 5.91 Å². The number of nitrogens with zero attached hydrogens (tertiary/aromatic N) is 1. The Bertz CT molecular complexity index is 427. The molecule has 1 unspecified atom stereocenters. The molecule has 1 fully saturated rings. The molecule has 1 aliphatic rings. The quantitative estimate of drug-likeness (QED) is 0.866. The predicted molar refractivity (Wildman–Crippen MR) is 65.8 cm³/mol. The third-order valence-electron chi connectivity index (χ3n) is 2.92. The van der Waals surface area contributed by atoms with Crippen molar-refractivity contribution < 1.29 is 14.3 Å². The molecule has 1 saturated heterocycles. The zero-order chi connectivity index (χ0) is 13.0. The molecule has 18 heavy (non-hydrogen) atoms. The fraction of sp³-hybridized carbons (Fsp3) is 0.385. The number of rotatable bonds is 2. The molecular formula is C13H16N2O3. The normalized spacial score (nSPS) is 19.2. The van der Waals surface area contributed by atoms with Crippen molar-refractivity contribution in [2.75, 3.05) is 6.61 Å². The molecule has 0 saturated carbocycles. The number of primary amides is 1. The van der Waals surface area contributed by atoms with Crippen molar-refractivity contribution in [1.82, 2.24) is 4.90 Å². The van der Waals surface area contributed by atoms with Crippen molar-refractivity contribution in [2.45, 2.75) is 25.5 Å². The Balaban J connectivity index is 2.19. The number of hydrogen-bond acceptors (Lipinski definition) is 3. The highest BCUT2D eigenvalue weighted by atomic mass is 16.5. The van der Waals surface area contributed by atoms with Gasteiger partial charge in [-0.2, -0.15) is 0 Å². The summed E-state index contributed by atoms with van der Waals surface area (Å²) in [6.07, 6.45) is 1.98. The number of carbonyl (C=O) groups excluding carboxylic acids is 2. The standard InChI is InChI=1S/C13H16N2O3/c14-13(17)15(11-8-4-5-9-18-11)12(16)10-6-2-1-3-7-10/h1-3,6-7,11H,4-5,8-9H2,(H2,14,17). The molecule has 5 heteroatoms. The molecule has 0 bridgehead atoms. The molecule has 2 N–H and O–H groups in total. The van der Waals surface area contributed by atoms with Crippen LogP contribution in [0.4, 0.5) is 4.79 Å². The molecule has 5 nitrogen and oxygen atoms in total. The summed E-state index contributed by atoms with van der Waals surface area (Å²) in [4.78, 5) is 24.7. The number of urea groups is 1. The van der Waals surface area contributed by atoms with Gasteiger partial charge < -0.3 is 10.5 Å². The molecule has 1 atom stereocenters. The van der Waals surface area contributed by atoms with Crippen LogP contribution in [0, 0.1) is 0 Å². The minimum Gasteiger partial charge on any atom is -0.358 e. The van der Waals surface area contributed by atoms with E-state index in [-0.39, 0.29) is 0 Å². The van der Waals surface area contributed by atoms with Crippen molar-refractivity contribution >= 4 is 11.9 Å². The topological polar surface area (TPSA) is 72.6 Å². The number of amides is 3. The first-order valence-electron chi connectivity index (χ1n) is 6.00. The van der Waals surface area contributed by atoms with Gasteiger partial charge in [-0.25, -0.2) is 9.69 Å². The summed E-state index contributed by atoms with van der Waals surface area (Å²) >= 11 is 0. The average Bonchev–Trinajstić information content (AvgIpc) is 2.40. The van der Waals surface area contributed by atoms with E-state index in [2.05, 4.69) is 0 Å². The van der Waals surface area contributed by atoms with E-state index in [1.54, 1.807) is 24.3 Å². The zero-order valence-corrected chi connectivity index (χ0v) is 10.0. The van der Waals surface area contributed by atoms with Crippen LogP contribution < -0.4 is 5.73 Å². The second-order valence-corrected chi connectivity index (χ2v) is 4.20. The maximum Gasteiger partial charge on any atom is 0.323 e. The SMILES string of the molecule is NC(=O)N(C(=O)c1ccccc1)C1CCCCO1. The van der Waals surface area contributed by atoms with Crippen LogP contribution in [0.1, 0.15) is 29.6 Å². The number of nitrogens with two attached hydrogens (primary N) is 1. The smallest absolute Gasteiger partial charge is 0.323 e. The van der Waals surface area contributed by atoms with Crippen LogP contribution in [0.3, 0.4) is 0 Å². The van der Waals surface area contributed by atoms with Gasteiger partial charge in [0.05, 0.1) is 0 Å². The highest BCUT2D eigenvalue weighted by Gasteiger charge is 2.30. The van der Waals surface area contributed by atoms with E-state index in [1.807, 2.05) is 6.07 Å². The molecule has 0 radical (unpaired) electrons. The van der Waals surface area contributed by atoms with Crippen molar-refractivity contribution in [2.24, 2.45) is 5.73 Å². The average molecular weight is 248 g/mol. The Morgan fingerprint density at radius 1 is 1.22 bits per heavy atom. The summed E-state index contributed by atoms with van der Waals surface area (Å²) in [6, 6.07) is 7.84. The van der Waals surface area contributed by atoms with Gasteiger partial charge >= 0.3 is 6.03 Å². The molecule has 1 aromatic carbocycles. The van der Waals surface area contributed by atoms with E-state index >= 15 is 0 Å². The maximum absolute atomic E-state index is 12.2. The highest BCUT2D eigenvalue weighted by Crippen LogP contribution is 2.18. The molecule has 0 aliphatic carbocycles. The number of hydrogen-bond donors (Lipinski definition) is 1. The maximum atomic E-state index is 12.2. The van der Waals surface area contributed by atoms with Gasteiger partial charge in [0.15, 0.2) is 0 Å². The van der Waals surface area contributed by atoms with Gasteiger partial charge in [0, 0.05) is 12.2 Å². The lowest BCUT2D eigenvalue weighted by molar-refractivity contribution is -0.0526. The molecule has 3 amide bonds. The van der Waals surface area contributed by atoms with Crippen LogP contribution in [-0.2, 0) is 4.74 Å². The third-order valence-corrected chi connectivity index (χ3v) is 2.92. The minimum atomic E-state index is -0.768. The van der Waals surface area contributed by atoms with Crippen LogP contribution in [-0.4, -0.2) is 29.7 Å². The van der Waals surface area contributed by atoms with E-state index in [1.165, 1.54) is 0 Å². The fourth-order valence-corrected chi connectivity index (χ4v) is 2.02. The largest absolute Gasteiger partial charge is 0.358 e. The van der Waals surface area contributed by atoms with E-state index in [0.717, 1.165) is 17.7 Å². The number of ether oxygens (including phenoxy) is 1. The summed E-state index contributed by atoms with van der Waals surface area (Å²) in [5.41, 5.74) is 5.73. The number of benzene rings is 1. The summed E-state index contributed by atoms with van der Waals surface area (Å²) in [7, 11) is 0. The summed E-state index contributed by atoms with van der Waals surface area (Å²) < 4.78 is 5.45. The first-order chi connectivity index (χ1) is 8.70. The summed E-state index contributed by atoms with van der Waals surface area (Å²) in [6.45, 7) is 0.552. The Hall–Kier alpha value is -1.88. The molecule has 0 aromatic heterocycles. The van der Waals surface area contributed by atoms with E-state index in [9.17, 15) is 9.59 Å². The molecule has 2 rings (SSSR count). The lowest BCUT2D eigenvalue weighted by atomic mass is 10.1. The van der Waals surface area contributed by atoms with Crippen LogP contribution in [0.2, 0.25) is 0 Å². The molecule has 1 heterocycles. The van der Waals surface area contributed by atoms with Gasteiger partial charge in [-0.15, -0.1) is 0 Å². The lowest BCUT2D eigenvalue weighted by Gasteiger charge is -2.31. The van der Waals surface area contributed by atoms with Crippen molar-refractivity contribution in [3.8, 4) is 0 Å². The second-order valence-electron chi connectivity index (χ2n) is 4.20. The Morgan fingerprint density at radius 2 is 1.94 bits per heavy atom. The van der Waals surface area contributed by atoms with Gasteiger partial charge in [-0.3, -0.25) is 4.79 Å². The monoisotopic (exact) mass is 248 g/mol. The highest BCUT2D eigenvalue weighted by molar-refractivity contribution is 6.04. The van der Waals surface area contributed by atoms with E-state index < -0.39 is 18.2 Å².